The van der Waals surface area contributed by atoms with E-state index in [0.717, 1.165) is 40.9 Å². The van der Waals surface area contributed by atoms with Crippen molar-refractivity contribution in [2.24, 2.45) is 0 Å². The van der Waals surface area contributed by atoms with Gasteiger partial charge in [-0.15, -0.1) is 0 Å². The number of anilines is 2. The van der Waals surface area contributed by atoms with Crippen molar-refractivity contribution in [3.8, 4) is 17.2 Å². The highest BCUT2D eigenvalue weighted by Gasteiger charge is 2.11. The Kier molecular flexibility index (Phi) is 6.21. The topological polar surface area (TPSA) is 66.9 Å². The zero-order valence-corrected chi connectivity index (χ0v) is 16.8. The maximum absolute atomic E-state index is 10.2. The van der Waals surface area contributed by atoms with Crippen LogP contribution in [0.4, 0.5) is 11.4 Å². The molecule has 2 aromatic carbocycles. The summed E-state index contributed by atoms with van der Waals surface area (Å²) in [5.41, 5.74) is 3.52. The van der Waals surface area contributed by atoms with E-state index in [-0.39, 0.29) is 0 Å². The van der Waals surface area contributed by atoms with Crippen LogP contribution in [0.2, 0.25) is 0 Å². The lowest BCUT2D eigenvalue weighted by molar-refractivity contribution is 0.291. The van der Waals surface area contributed by atoms with Gasteiger partial charge in [0, 0.05) is 41.1 Å². The Hall–Kier alpha value is -2.99. The van der Waals surface area contributed by atoms with E-state index in [0.29, 0.717) is 23.8 Å². The number of nitrogens with one attached hydrogen (secondary N) is 1. The summed E-state index contributed by atoms with van der Waals surface area (Å²) in [6, 6.07) is 11.3. The standard InChI is InChI=1S/C22H27N3O3/c1-5-25(6-2)14-15-11-16(7-8-20(15)26)24-18-9-10-23-19-13-22(28-4)21(27-3)12-17(18)19/h7-13,26H,5-6,14H2,1-4H3,(H,23,24). The Morgan fingerprint density at radius 3 is 2.39 bits per heavy atom. The van der Waals surface area contributed by atoms with Crippen LogP contribution < -0.4 is 14.8 Å². The van der Waals surface area contributed by atoms with E-state index in [1.54, 1.807) is 26.5 Å². The van der Waals surface area contributed by atoms with Crippen molar-refractivity contribution in [3.05, 3.63) is 48.2 Å². The molecule has 1 aromatic heterocycles. The highest BCUT2D eigenvalue weighted by molar-refractivity contribution is 5.95. The number of benzene rings is 2. The summed E-state index contributed by atoms with van der Waals surface area (Å²) >= 11 is 0. The molecule has 0 atom stereocenters. The van der Waals surface area contributed by atoms with Gasteiger partial charge in [-0.2, -0.15) is 0 Å². The van der Waals surface area contributed by atoms with Crippen molar-refractivity contribution >= 4 is 22.3 Å². The minimum atomic E-state index is 0.309. The molecule has 0 bridgehead atoms. The second-order valence-corrected chi connectivity index (χ2v) is 6.51. The van der Waals surface area contributed by atoms with Crippen LogP contribution in [0, 0.1) is 0 Å². The molecule has 28 heavy (non-hydrogen) atoms. The molecule has 6 nitrogen and oxygen atoms in total. The number of fused-ring (bicyclic) bond motifs is 1. The van der Waals surface area contributed by atoms with E-state index < -0.39 is 0 Å². The molecule has 0 aliphatic heterocycles. The molecule has 2 N–H and O–H groups in total. The van der Waals surface area contributed by atoms with Gasteiger partial charge in [0.05, 0.1) is 19.7 Å². The van der Waals surface area contributed by atoms with Crippen molar-refractivity contribution in [2.45, 2.75) is 20.4 Å². The van der Waals surface area contributed by atoms with Gasteiger partial charge in [-0.25, -0.2) is 0 Å². The molecule has 1 heterocycles. The largest absolute Gasteiger partial charge is 0.508 e. The van der Waals surface area contributed by atoms with Gasteiger partial charge in [0.2, 0.25) is 0 Å². The molecular weight excluding hydrogens is 354 g/mol. The van der Waals surface area contributed by atoms with Crippen LogP contribution in [0.5, 0.6) is 17.2 Å². The van der Waals surface area contributed by atoms with Crippen LogP contribution in [0.1, 0.15) is 19.4 Å². The lowest BCUT2D eigenvalue weighted by Gasteiger charge is -2.19. The average molecular weight is 381 g/mol. The highest BCUT2D eigenvalue weighted by atomic mass is 16.5. The summed E-state index contributed by atoms with van der Waals surface area (Å²) < 4.78 is 10.8. The molecule has 0 amide bonds. The number of nitrogens with zero attached hydrogens (tertiary/aromatic N) is 2. The highest BCUT2D eigenvalue weighted by Crippen LogP contribution is 2.35. The maximum atomic E-state index is 10.2. The number of pyridine rings is 1. The van der Waals surface area contributed by atoms with Crippen LogP contribution in [0.15, 0.2) is 42.6 Å². The molecule has 3 rings (SSSR count). The summed E-state index contributed by atoms with van der Waals surface area (Å²) in [5, 5.41) is 14.6. The number of ether oxygens (including phenoxy) is 2. The zero-order chi connectivity index (χ0) is 20.1. The molecule has 0 radical (unpaired) electrons. The molecule has 0 unspecified atom stereocenters. The third kappa shape index (κ3) is 4.12. The summed E-state index contributed by atoms with van der Waals surface area (Å²) in [6.45, 7) is 6.81. The monoisotopic (exact) mass is 381 g/mol. The molecular formula is C22H27N3O3. The molecule has 0 saturated carbocycles. The van der Waals surface area contributed by atoms with Crippen LogP contribution in [-0.2, 0) is 6.54 Å². The molecule has 6 heteroatoms. The van der Waals surface area contributed by atoms with Gasteiger partial charge < -0.3 is 19.9 Å². The first-order chi connectivity index (χ1) is 13.6. The van der Waals surface area contributed by atoms with E-state index in [9.17, 15) is 5.11 Å². The smallest absolute Gasteiger partial charge is 0.162 e. The number of rotatable bonds is 8. The van der Waals surface area contributed by atoms with Gasteiger partial charge in [-0.1, -0.05) is 13.8 Å². The molecule has 0 aliphatic rings. The van der Waals surface area contributed by atoms with Crippen molar-refractivity contribution in [1.29, 1.82) is 0 Å². The van der Waals surface area contributed by atoms with Crippen LogP contribution in [0.25, 0.3) is 10.9 Å². The first-order valence-corrected chi connectivity index (χ1v) is 9.41. The fourth-order valence-electron chi connectivity index (χ4n) is 3.22. The zero-order valence-electron chi connectivity index (χ0n) is 16.8. The van der Waals surface area contributed by atoms with Crippen molar-refractivity contribution in [2.75, 3.05) is 32.6 Å². The Balaban J connectivity index is 1.96. The van der Waals surface area contributed by atoms with Gasteiger partial charge in [-0.05, 0) is 43.4 Å². The van der Waals surface area contributed by atoms with E-state index in [4.69, 9.17) is 9.47 Å². The second-order valence-electron chi connectivity index (χ2n) is 6.51. The number of hydrogen-bond donors (Lipinski definition) is 2. The fourth-order valence-corrected chi connectivity index (χ4v) is 3.22. The van der Waals surface area contributed by atoms with Crippen LogP contribution in [0.3, 0.4) is 0 Å². The normalized spacial score (nSPS) is 11.0. The van der Waals surface area contributed by atoms with Crippen LogP contribution >= 0.6 is 0 Å². The first-order valence-electron chi connectivity index (χ1n) is 9.41. The number of hydrogen-bond acceptors (Lipinski definition) is 6. The predicted octanol–water partition coefficient (Wildman–Crippen LogP) is 4.54. The average Bonchev–Trinajstić information content (AvgIpc) is 2.73. The summed E-state index contributed by atoms with van der Waals surface area (Å²) in [7, 11) is 3.23. The van der Waals surface area contributed by atoms with Gasteiger partial charge in [0.1, 0.15) is 5.75 Å². The molecule has 148 valence electrons. The number of phenols is 1. The van der Waals surface area contributed by atoms with Gasteiger partial charge in [0.25, 0.3) is 0 Å². The SMILES string of the molecule is CCN(CC)Cc1cc(Nc2ccnc3cc(OC)c(OC)cc23)ccc1O. The number of aromatic hydroxyl groups is 1. The number of aromatic nitrogens is 1. The Bertz CT molecular complexity index is 955. The summed E-state index contributed by atoms with van der Waals surface area (Å²) in [5.74, 6) is 1.60. The molecule has 3 aromatic rings. The predicted molar refractivity (Wildman–Crippen MR) is 113 cm³/mol. The molecule has 0 saturated heterocycles. The lowest BCUT2D eigenvalue weighted by Crippen LogP contribution is -2.22. The van der Waals surface area contributed by atoms with E-state index >= 15 is 0 Å². The van der Waals surface area contributed by atoms with Crippen molar-refractivity contribution < 1.29 is 14.6 Å². The van der Waals surface area contributed by atoms with Crippen molar-refractivity contribution in [1.82, 2.24) is 9.88 Å². The molecule has 0 fully saturated rings. The summed E-state index contributed by atoms with van der Waals surface area (Å²) in [4.78, 5) is 6.70. The number of phenolic OH excluding ortho intramolecular Hbond substituents is 1. The Labute approximate surface area is 165 Å². The van der Waals surface area contributed by atoms with E-state index in [2.05, 4.69) is 29.0 Å². The van der Waals surface area contributed by atoms with Crippen LogP contribution in [-0.4, -0.2) is 42.3 Å². The van der Waals surface area contributed by atoms with Crippen molar-refractivity contribution in [3.63, 3.8) is 0 Å². The van der Waals surface area contributed by atoms with Gasteiger partial charge in [0.15, 0.2) is 11.5 Å². The summed E-state index contributed by atoms with van der Waals surface area (Å²) in [6.07, 6.45) is 1.76. The fraction of sp³-hybridized carbons (Fsp3) is 0.318. The van der Waals surface area contributed by atoms with Gasteiger partial charge >= 0.3 is 0 Å². The minimum Gasteiger partial charge on any atom is -0.508 e. The minimum absolute atomic E-state index is 0.309. The van der Waals surface area contributed by atoms with Gasteiger partial charge in [-0.3, -0.25) is 9.88 Å². The number of methoxy groups -OCH3 is 2. The van der Waals surface area contributed by atoms with E-state index in [1.807, 2.05) is 30.3 Å². The third-order valence-electron chi connectivity index (χ3n) is 4.89. The Morgan fingerprint density at radius 2 is 1.71 bits per heavy atom. The first kappa shape index (κ1) is 19.8. The quantitative estimate of drug-likeness (QED) is 0.558. The maximum Gasteiger partial charge on any atom is 0.162 e. The lowest BCUT2D eigenvalue weighted by atomic mass is 10.1. The Morgan fingerprint density at radius 1 is 1.00 bits per heavy atom. The third-order valence-corrected chi connectivity index (χ3v) is 4.89. The second kappa shape index (κ2) is 8.80. The molecule has 0 spiro atoms. The molecule has 0 aliphatic carbocycles. The van der Waals surface area contributed by atoms with E-state index in [1.165, 1.54) is 0 Å².